The lowest BCUT2D eigenvalue weighted by atomic mass is 9.75. The van der Waals surface area contributed by atoms with Gasteiger partial charge in [-0.3, -0.25) is 0 Å². The summed E-state index contributed by atoms with van der Waals surface area (Å²) in [6.45, 7) is 26.8. The van der Waals surface area contributed by atoms with Crippen LogP contribution >= 0.6 is 0 Å². The predicted octanol–water partition coefficient (Wildman–Crippen LogP) is 6.87. The average Bonchev–Trinajstić information content (AvgIpc) is 2.78. The maximum absolute atomic E-state index is 5.71. The van der Waals surface area contributed by atoms with Crippen LogP contribution in [0.4, 0.5) is 0 Å². The number of rotatable bonds is 3. The van der Waals surface area contributed by atoms with Crippen molar-refractivity contribution >= 4 is 0 Å². The Balaban J connectivity index is 2.55. The van der Waals surface area contributed by atoms with E-state index in [1.807, 2.05) is 25.2 Å². The highest BCUT2D eigenvalue weighted by atomic mass is 16.5. The Bertz CT molecular complexity index is 775. The molecule has 2 nitrogen and oxygen atoms in total. The molecule has 0 bridgehead atoms. The van der Waals surface area contributed by atoms with Crippen molar-refractivity contribution in [3.05, 3.63) is 83.1 Å². The molecule has 1 aliphatic heterocycles. The third-order valence-electron chi connectivity index (χ3n) is 4.99. The minimum atomic E-state index is 0.0891. The van der Waals surface area contributed by atoms with Crippen molar-refractivity contribution in [2.45, 2.75) is 72.8 Å². The second-order valence-corrected chi connectivity index (χ2v) is 9.40. The molecule has 0 saturated carbocycles. The summed E-state index contributed by atoms with van der Waals surface area (Å²) in [4.78, 5) is 2.10. The Hall–Kier alpha value is -2.22. The van der Waals surface area contributed by atoms with E-state index >= 15 is 0 Å². The molecule has 0 aromatic heterocycles. The van der Waals surface area contributed by atoms with Gasteiger partial charge in [0.1, 0.15) is 5.76 Å². The highest BCUT2D eigenvalue weighted by molar-refractivity contribution is 5.46. The fourth-order valence-corrected chi connectivity index (χ4v) is 3.68. The molecule has 0 spiro atoms. The largest absolute Gasteiger partial charge is 0.440 e. The Kier molecular flexibility index (Phi) is 5.79. The molecule has 2 rings (SSSR count). The first-order valence-corrected chi connectivity index (χ1v) is 9.67. The quantitative estimate of drug-likeness (QED) is 0.579. The number of benzene rings is 1. The molecule has 0 radical (unpaired) electrons. The van der Waals surface area contributed by atoms with Gasteiger partial charge in [-0.2, -0.15) is 0 Å². The van der Waals surface area contributed by atoms with Crippen molar-refractivity contribution in [2.24, 2.45) is 0 Å². The van der Waals surface area contributed by atoms with Crippen LogP contribution in [0.1, 0.15) is 70.7 Å². The molecule has 1 fully saturated rings. The van der Waals surface area contributed by atoms with Gasteiger partial charge < -0.3 is 9.64 Å². The molecule has 0 unspecified atom stereocenters. The molecule has 0 N–H and O–H groups in total. The van der Waals surface area contributed by atoms with E-state index in [2.05, 4.69) is 78.7 Å². The van der Waals surface area contributed by atoms with Gasteiger partial charge in [-0.1, -0.05) is 72.4 Å². The summed E-state index contributed by atoms with van der Waals surface area (Å²) in [6.07, 6.45) is 6.04. The SMILES string of the molecule is C=C1OC(=C)N(Cc2cc(C(C)(C)C)c(C)c(C(C)(C)C)c2)/C1=C/C=C\C. The number of ether oxygens (including phenoxy) is 1. The van der Waals surface area contributed by atoms with Crippen LogP contribution in [-0.4, -0.2) is 4.90 Å². The average molecular weight is 366 g/mol. The van der Waals surface area contributed by atoms with Gasteiger partial charge in [0.2, 0.25) is 0 Å². The molecule has 0 amide bonds. The smallest absolute Gasteiger partial charge is 0.193 e. The van der Waals surface area contributed by atoms with Crippen LogP contribution in [0, 0.1) is 6.92 Å². The normalized spacial score (nSPS) is 17.3. The predicted molar refractivity (Wildman–Crippen MR) is 116 cm³/mol. The summed E-state index contributed by atoms with van der Waals surface area (Å²) in [7, 11) is 0. The topological polar surface area (TPSA) is 12.5 Å². The Morgan fingerprint density at radius 2 is 1.52 bits per heavy atom. The minimum Gasteiger partial charge on any atom is -0.440 e. The number of hydrogen-bond donors (Lipinski definition) is 0. The van der Waals surface area contributed by atoms with E-state index in [0.717, 1.165) is 5.70 Å². The van der Waals surface area contributed by atoms with Gasteiger partial charge in [0.05, 0.1) is 12.2 Å². The van der Waals surface area contributed by atoms with E-state index in [1.165, 1.54) is 22.3 Å². The molecule has 0 atom stereocenters. The maximum atomic E-state index is 5.71. The lowest BCUT2D eigenvalue weighted by Crippen LogP contribution is -2.22. The summed E-state index contributed by atoms with van der Waals surface area (Å²) in [5.41, 5.74) is 6.60. The third kappa shape index (κ3) is 4.55. The van der Waals surface area contributed by atoms with Crippen molar-refractivity contribution < 1.29 is 4.74 Å². The lowest BCUT2D eigenvalue weighted by molar-refractivity contribution is 0.274. The molecule has 2 heteroatoms. The molecule has 146 valence electrons. The fourth-order valence-electron chi connectivity index (χ4n) is 3.68. The van der Waals surface area contributed by atoms with Crippen molar-refractivity contribution in [3.63, 3.8) is 0 Å². The highest BCUT2D eigenvalue weighted by Gasteiger charge is 2.29. The third-order valence-corrected chi connectivity index (χ3v) is 4.99. The van der Waals surface area contributed by atoms with Gasteiger partial charge in [0, 0.05) is 0 Å². The summed E-state index contributed by atoms with van der Waals surface area (Å²) in [6, 6.07) is 4.68. The summed E-state index contributed by atoms with van der Waals surface area (Å²) < 4.78 is 5.71. The van der Waals surface area contributed by atoms with Crippen LogP contribution in [0.3, 0.4) is 0 Å². The van der Waals surface area contributed by atoms with Crippen LogP contribution in [0.25, 0.3) is 0 Å². The molecule has 1 heterocycles. The second-order valence-electron chi connectivity index (χ2n) is 9.40. The molecule has 1 aromatic rings. The van der Waals surface area contributed by atoms with Gasteiger partial charge >= 0.3 is 0 Å². The summed E-state index contributed by atoms with van der Waals surface area (Å²) in [5, 5.41) is 0. The van der Waals surface area contributed by atoms with Crippen molar-refractivity contribution in [2.75, 3.05) is 0 Å². The van der Waals surface area contributed by atoms with E-state index in [0.29, 0.717) is 18.2 Å². The molecular formula is C25H35NO. The van der Waals surface area contributed by atoms with E-state index in [1.54, 1.807) is 0 Å². The van der Waals surface area contributed by atoms with Gasteiger partial charge in [-0.15, -0.1) is 0 Å². The summed E-state index contributed by atoms with van der Waals surface area (Å²) >= 11 is 0. The van der Waals surface area contributed by atoms with Crippen LogP contribution in [-0.2, 0) is 22.1 Å². The standard InChI is InChI=1S/C25H35NO/c1-11-12-13-23-18(3)27-19(4)26(23)16-20-14-21(24(5,6)7)17(2)22(15-20)25(8,9)10/h11-15H,3-4,16H2,1-2,5-10H3/b12-11-,23-13+. The van der Waals surface area contributed by atoms with E-state index < -0.39 is 0 Å². The van der Waals surface area contributed by atoms with Gasteiger partial charge in [-0.25, -0.2) is 0 Å². The Labute approximate surface area is 165 Å². The molecule has 1 aromatic carbocycles. The van der Waals surface area contributed by atoms with Crippen molar-refractivity contribution in [1.82, 2.24) is 4.90 Å². The van der Waals surface area contributed by atoms with E-state index in [9.17, 15) is 0 Å². The first-order chi connectivity index (χ1) is 12.4. The zero-order valence-corrected chi connectivity index (χ0v) is 18.4. The monoisotopic (exact) mass is 365 g/mol. The van der Waals surface area contributed by atoms with Crippen molar-refractivity contribution in [3.8, 4) is 0 Å². The molecule has 0 aliphatic carbocycles. The van der Waals surface area contributed by atoms with Crippen LogP contribution in [0.2, 0.25) is 0 Å². The number of hydrogen-bond acceptors (Lipinski definition) is 2. The number of nitrogens with zero attached hydrogens (tertiary/aromatic N) is 1. The minimum absolute atomic E-state index is 0.0891. The molecular weight excluding hydrogens is 330 g/mol. The van der Waals surface area contributed by atoms with Gasteiger partial charge in [0.15, 0.2) is 5.88 Å². The molecule has 27 heavy (non-hydrogen) atoms. The van der Waals surface area contributed by atoms with Gasteiger partial charge in [-0.05, 0) is 59.6 Å². The van der Waals surface area contributed by atoms with E-state index in [4.69, 9.17) is 4.74 Å². The molecule has 1 saturated heterocycles. The first kappa shape index (κ1) is 21.1. The zero-order valence-electron chi connectivity index (χ0n) is 18.4. The first-order valence-electron chi connectivity index (χ1n) is 9.67. The highest BCUT2D eigenvalue weighted by Crippen LogP contribution is 2.37. The fraction of sp³-hybridized carbons (Fsp3) is 0.440. The maximum Gasteiger partial charge on any atom is 0.193 e. The summed E-state index contributed by atoms with van der Waals surface area (Å²) in [5.74, 6) is 1.28. The van der Waals surface area contributed by atoms with Crippen LogP contribution in [0.15, 0.2) is 60.9 Å². The second kappa shape index (κ2) is 7.42. The molecule has 1 aliphatic rings. The van der Waals surface area contributed by atoms with Crippen molar-refractivity contribution in [1.29, 1.82) is 0 Å². The van der Waals surface area contributed by atoms with E-state index in [-0.39, 0.29) is 10.8 Å². The van der Waals surface area contributed by atoms with Crippen LogP contribution < -0.4 is 0 Å². The van der Waals surface area contributed by atoms with Gasteiger partial charge in [0.25, 0.3) is 0 Å². The Morgan fingerprint density at radius 1 is 1.00 bits per heavy atom. The lowest BCUT2D eigenvalue weighted by Gasteiger charge is -2.30. The number of allylic oxidation sites excluding steroid dienone is 3. The zero-order chi connectivity index (χ0) is 20.6. The Morgan fingerprint density at radius 3 is 1.96 bits per heavy atom. The van der Waals surface area contributed by atoms with Crippen LogP contribution in [0.5, 0.6) is 0 Å².